The number of hydrogen-bond donors (Lipinski definition) is 0. The Kier molecular flexibility index (Phi) is 5.26. The second-order valence-corrected chi connectivity index (χ2v) is 5.93. The van der Waals surface area contributed by atoms with Crippen molar-refractivity contribution in [2.45, 2.75) is 23.0 Å². The monoisotopic (exact) mass is 364 g/mol. The second-order valence-electron chi connectivity index (χ2n) is 4.43. The predicted molar refractivity (Wildman–Crippen MR) is 79.7 cm³/mol. The number of nitrogens with zero attached hydrogens (tertiary/aromatic N) is 2. The molecule has 23 heavy (non-hydrogen) atoms. The molecule has 0 unspecified atom stereocenters. The first-order chi connectivity index (χ1) is 10.7. The fourth-order valence-corrected chi connectivity index (χ4v) is 2.90. The van der Waals surface area contributed by atoms with E-state index >= 15 is 0 Å². The van der Waals surface area contributed by atoms with Crippen molar-refractivity contribution < 1.29 is 22.7 Å². The van der Waals surface area contributed by atoms with Gasteiger partial charge in [0.15, 0.2) is 5.69 Å². The Bertz CT molecular complexity index is 714. The van der Waals surface area contributed by atoms with Gasteiger partial charge in [0, 0.05) is 17.0 Å². The first kappa shape index (κ1) is 17.7. The van der Waals surface area contributed by atoms with Crippen molar-refractivity contribution in [2.24, 2.45) is 7.05 Å². The number of halogens is 4. The lowest BCUT2D eigenvalue weighted by atomic mass is 10.2. The number of benzene rings is 1. The Morgan fingerprint density at radius 2 is 1.96 bits per heavy atom. The van der Waals surface area contributed by atoms with Gasteiger partial charge in [-0.2, -0.15) is 18.3 Å². The lowest BCUT2D eigenvalue weighted by Gasteiger charge is -2.08. The first-order valence-electron chi connectivity index (χ1n) is 6.48. The quantitative estimate of drug-likeness (QED) is 0.753. The van der Waals surface area contributed by atoms with Crippen LogP contribution in [0.25, 0.3) is 0 Å². The standard InChI is InChI=1S/C14H12ClF3N2O2S/c1-3-22-13(21)10-11(14(16,17)18)19-20(2)12(10)23-9-6-4-8(15)5-7-9/h4-7H,3H2,1-2H3. The second kappa shape index (κ2) is 6.84. The summed E-state index contributed by atoms with van der Waals surface area (Å²) in [6.45, 7) is 1.49. The first-order valence-corrected chi connectivity index (χ1v) is 7.68. The zero-order valence-electron chi connectivity index (χ0n) is 12.1. The Hall–Kier alpha value is -1.67. The van der Waals surface area contributed by atoms with E-state index in [4.69, 9.17) is 16.3 Å². The predicted octanol–water partition coefficient (Wildman–Crippen LogP) is 4.42. The maximum atomic E-state index is 13.1. The summed E-state index contributed by atoms with van der Waals surface area (Å²) in [5, 5.41) is 4.00. The van der Waals surface area contributed by atoms with Crippen molar-refractivity contribution >= 4 is 29.3 Å². The number of aryl methyl sites for hydroxylation is 1. The molecule has 0 aliphatic rings. The molecule has 1 aromatic carbocycles. The number of rotatable bonds is 4. The molecule has 9 heteroatoms. The van der Waals surface area contributed by atoms with Crippen molar-refractivity contribution in [2.75, 3.05) is 6.61 Å². The average molecular weight is 365 g/mol. The highest BCUT2D eigenvalue weighted by Crippen LogP contribution is 2.38. The molecule has 0 aliphatic carbocycles. The van der Waals surface area contributed by atoms with Crippen LogP contribution in [0.1, 0.15) is 23.0 Å². The molecule has 0 amide bonds. The van der Waals surface area contributed by atoms with Crippen LogP contribution >= 0.6 is 23.4 Å². The van der Waals surface area contributed by atoms with E-state index in [1.54, 1.807) is 24.3 Å². The summed E-state index contributed by atoms with van der Waals surface area (Å²) < 4.78 is 45.1. The third kappa shape index (κ3) is 4.00. The summed E-state index contributed by atoms with van der Waals surface area (Å²) in [5.74, 6) is -1.05. The summed E-state index contributed by atoms with van der Waals surface area (Å²) >= 11 is 6.76. The van der Waals surface area contributed by atoms with Gasteiger partial charge in [0.25, 0.3) is 0 Å². The molecule has 0 radical (unpaired) electrons. The molecule has 0 N–H and O–H groups in total. The highest BCUT2D eigenvalue weighted by atomic mass is 35.5. The maximum absolute atomic E-state index is 13.1. The van der Waals surface area contributed by atoms with Gasteiger partial charge in [-0.15, -0.1) is 0 Å². The molecule has 2 aromatic rings. The summed E-state index contributed by atoms with van der Waals surface area (Å²) in [5.41, 5.74) is -1.84. The Morgan fingerprint density at radius 1 is 1.35 bits per heavy atom. The molecule has 0 aliphatic heterocycles. The van der Waals surface area contributed by atoms with E-state index in [1.165, 1.54) is 14.0 Å². The molecule has 0 atom stereocenters. The molecule has 4 nitrogen and oxygen atoms in total. The van der Waals surface area contributed by atoms with Gasteiger partial charge in [-0.05, 0) is 31.2 Å². The molecular weight excluding hydrogens is 353 g/mol. The van der Waals surface area contributed by atoms with Gasteiger partial charge >= 0.3 is 12.1 Å². The van der Waals surface area contributed by atoms with Crippen LogP contribution in [0.15, 0.2) is 34.2 Å². The Balaban J connectivity index is 2.51. The Morgan fingerprint density at radius 3 is 2.48 bits per heavy atom. The summed E-state index contributed by atoms with van der Waals surface area (Å²) in [4.78, 5) is 12.6. The lowest BCUT2D eigenvalue weighted by Crippen LogP contribution is -2.14. The number of carbonyl (C=O) groups is 1. The molecule has 0 saturated heterocycles. The fourth-order valence-electron chi connectivity index (χ4n) is 1.83. The minimum atomic E-state index is -4.75. The average Bonchev–Trinajstić information content (AvgIpc) is 2.79. The third-order valence-electron chi connectivity index (χ3n) is 2.77. The van der Waals surface area contributed by atoms with Crippen LogP contribution < -0.4 is 0 Å². The zero-order chi connectivity index (χ0) is 17.2. The van der Waals surface area contributed by atoms with Gasteiger partial charge in [0.2, 0.25) is 0 Å². The normalized spacial score (nSPS) is 11.6. The van der Waals surface area contributed by atoms with Crippen LogP contribution in [0.2, 0.25) is 5.02 Å². The molecule has 2 rings (SSSR count). The maximum Gasteiger partial charge on any atom is 0.436 e. The van der Waals surface area contributed by atoms with Crippen molar-refractivity contribution in [3.63, 3.8) is 0 Å². The van der Waals surface area contributed by atoms with Crippen LogP contribution in [0.3, 0.4) is 0 Å². The van der Waals surface area contributed by atoms with Crippen LogP contribution in [0.4, 0.5) is 13.2 Å². The highest BCUT2D eigenvalue weighted by molar-refractivity contribution is 7.99. The molecule has 0 saturated carbocycles. The van der Waals surface area contributed by atoms with Crippen molar-refractivity contribution in [3.05, 3.63) is 40.5 Å². The number of hydrogen-bond acceptors (Lipinski definition) is 4. The smallest absolute Gasteiger partial charge is 0.436 e. The fraction of sp³-hybridized carbons (Fsp3) is 0.286. The zero-order valence-corrected chi connectivity index (χ0v) is 13.7. The molecule has 0 fully saturated rings. The summed E-state index contributed by atoms with van der Waals surface area (Å²) in [7, 11) is 1.34. The van der Waals surface area contributed by atoms with Gasteiger partial charge in [-0.1, -0.05) is 23.4 Å². The summed E-state index contributed by atoms with van der Waals surface area (Å²) in [6.07, 6.45) is -4.75. The number of alkyl halides is 3. The molecule has 0 spiro atoms. The molecule has 1 aromatic heterocycles. The Labute approximate surface area is 139 Å². The minimum Gasteiger partial charge on any atom is -0.462 e. The lowest BCUT2D eigenvalue weighted by molar-refractivity contribution is -0.142. The van der Waals surface area contributed by atoms with Gasteiger partial charge in [0.05, 0.1) is 6.61 Å². The van der Waals surface area contributed by atoms with Crippen molar-refractivity contribution in [3.8, 4) is 0 Å². The van der Waals surface area contributed by atoms with Gasteiger partial charge in [-0.3, -0.25) is 4.68 Å². The van der Waals surface area contributed by atoms with E-state index < -0.39 is 23.4 Å². The third-order valence-corrected chi connectivity index (χ3v) is 4.19. The molecule has 124 valence electrons. The van der Waals surface area contributed by atoms with Gasteiger partial charge in [-0.25, -0.2) is 4.79 Å². The van der Waals surface area contributed by atoms with Crippen LogP contribution in [-0.2, 0) is 18.0 Å². The SMILES string of the molecule is CCOC(=O)c1c(C(F)(F)F)nn(C)c1Sc1ccc(Cl)cc1. The topological polar surface area (TPSA) is 44.1 Å². The number of ether oxygens (including phenoxy) is 1. The van der Waals surface area contributed by atoms with E-state index in [0.717, 1.165) is 16.4 Å². The van der Waals surface area contributed by atoms with E-state index in [9.17, 15) is 18.0 Å². The van der Waals surface area contributed by atoms with E-state index in [0.29, 0.717) is 9.92 Å². The number of esters is 1. The highest BCUT2D eigenvalue weighted by Gasteiger charge is 2.42. The van der Waals surface area contributed by atoms with Crippen LogP contribution in [-0.4, -0.2) is 22.4 Å². The summed E-state index contributed by atoms with van der Waals surface area (Å²) in [6, 6.07) is 6.49. The van der Waals surface area contributed by atoms with E-state index in [2.05, 4.69) is 5.10 Å². The number of carbonyl (C=O) groups excluding carboxylic acids is 1. The minimum absolute atomic E-state index is 0.0317. The van der Waals surface area contributed by atoms with Gasteiger partial charge in [0.1, 0.15) is 10.6 Å². The molecule has 1 heterocycles. The van der Waals surface area contributed by atoms with Crippen molar-refractivity contribution in [1.82, 2.24) is 9.78 Å². The van der Waals surface area contributed by atoms with E-state index in [-0.39, 0.29) is 11.6 Å². The molecular formula is C14H12ClF3N2O2S. The van der Waals surface area contributed by atoms with Crippen LogP contribution in [0.5, 0.6) is 0 Å². The molecule has 0 bridgehead atoms. The largest absolute Gasteiger partial charge is 0.462 e. The van der Waals surface area contributed by atoms with Crippen LogP contribution in [0, 0.1) is 0 Å². The van der Waals surface area contributed by atoms with E-state index in [1.807, 2.05) is 0 Å². The number of aromatic nitrogens is 2. The van der Waals surface area contributed by atoms with Crippen molar-refractivity contribution in [1.29, 1.82) is 0 Å². The van der Waals surface area contributed by atoms with Gasteiger partial charge < -0.3 is 4.74 Å².